The third-order valence-electron chi connectivity index (χ3n) is 5.01. The van der Waals surface area contributed by atoms with Gasteiger partial charge in [-0.15, -0.1) is 11.8 Å². The molecule has 2 aliphatic rings. The lowest BCUT2D eigenvalue weighted by molar-refractivity contribution is -0.141. The molecule has 0 aromatic heterocycles. The number of benzene rings is 2. The molecule has 2 amide bonds. The normalized spacial score (nSPS) is 21.5. The van der Waals surface area contributed by atoms with Crippen LogP contribution in [0.25, 0.3) is 0 Å². The van der Waals surface area contributed by atoms with Crippen LogP contribution < -0.4 is 5.32 Å². The van der Waals surface area contributed by atoms with Crippen LogP contribution in [0.5, 0.6) is 0 Å². The molecule has 0 aliphatic carbocycles. The van der Waals surface area contributed by atoms with Crippen molar-refractivity contribution in [1.82, 2.24) is 4.90 Å². The van der Waals surface area contributed by atoms with Gasteiger partial charge in [0.05, 0.1) is 17.4 Å². The minimum absolute atomic E-state index is 0.0895. The molecule has 27 heavy (non-hydrogen) atoms. The highest BCUT2D eigenvalue weighted by Gasteiger charge is 2.40. The fourth-order valence-electron chi connectivity index (χ4n) is 3.66. The van der Waals surface area contributed by atoms with Crippen LogP contribution >= 0.6 is 11.8 Å². The molecular formula is C20H18N2O4S. The molecule has 1 fully saturated rings. The molecule has 138 valence electrons. The number of carbonyl (C=O) groups excluding carboxylic acids is 2. The topological polar surface area (TPSA) is 86.7 Å². The number of nitrogens with zero attached hydrogens (tertiary/aromatic N) is 1. The number of carboxylic acids is 1. The summed E-state index contributed by atoms with van der Waals surface area (Å²) >= 11 is 1.44. The second-order valence-corrected chi connectivity index (χ2v) is 7.74. The van der Waals surface area contributed by atoms with Crippen LogP contribution in [-0.2, 0) is 9.59 Å². The number of aliphatic carboxylic acids is 1. The zero-order valence-corrected chi connectivity index (χ0v) is 15.2. The second kappa shape index (κ2) is 7.08. The van der Waals surface area contributed by atoms with Gasteiger partial charge in [-0.25, -0.2) is 0 Å². The fourth-order valence-corrected chi connectivity index (χ4v) is 4.45. The summed E-state index contributed by atoms with van der Waals surface area (Å²) in [4.78, 5) is 38.8. The molecule has 0 unspecified atom stereocenters. The Hall–Kier alpha value is -2.80. The Kier molecular flexibility index (Phi) is 4.61. The van der Waals surface area contributed by atoms with Crippen molar-refractivity contribution >= 4 is 35.2 Å². The van der Waals surface area contributed by atoms with E-state index >= 15 is 0 Å². The van der Waals surface area contributed by atoms with Crippen LogP contribution in [0.3, 0.4) is 0 Å². The molecule has 2 atom stereocenters. The summed E-state index contributed by atoms with van der Waals surface area (Å²) in [5, 5.41) is 12.4. The number of rotatable bonds is 3. The van der Waals surface area contributed by atoms with Gasteiger partial charge in [-0.2, -0.15) is 0 Å². The highest BCUT2D eigenvalue weighted by atomic mass is 32.2. The molecule has 2 N–H and O–H groups in total. The van der Waals surface area contributed by atoms with Crippen LogP contribution in [0, 0.1) is 5.92 Å². The maximum absolute atomic E-state index is 13.0. The van der Waals surface area contributed by atoms with Gasteiger partial charge in [-0.1, -0.05) is 30.3 Å². The van der Waals surface area contributed by atoms with Crippen molar-refractivity contribution in [2.24, 2.45) is 5.92 Å². The number of amides is 2. The Morgan fingerprint density at radius 3 is 2.63 bits per heavy atom. The number of likely N-dealkylation sites (tertiary alicyclic amines) is 1. The monoisotopic (exact) mass is 382 g/mol. The van der Waals surface area contributed by atoms with E-state index in [0.29, 0.717) is 23.5 Å². The number of fused-ring (bicyclic) bond motifs is 1. The van der Waals surface area contributed by atoms with Crippen LogP contribution in [0.15, 0.2) is 53.4 Å². The van der Waals surface area contributed by atoms with Crippen LogP contribution in [0.4, 0.5) is 5.69 Å². The van der Waals surface area contributed by atoms with Crippen LogP contribution in [0.1, 0.15) is 21.8 Å². The molecule has 1 saturated heterocycles. The first-order valence-corrected chi connectivity index (χ1v) is 9.65. The van der Waals surface area contributed by atoms with E-state index in [1.165, 1.54) is 11.8 Å². The molecule has 2 aromatic rings. The average molecular weight is 382 g/mol. The Balaban J connectivity index is 1.58. The number of nitrogens with one attached hydrogen (secondary N) is 1. The summed E-state index contributed by atoms with van der Waals surface area (Å²) in [7, 11) is 0. The van der Waals surface area contributed by atoms with Gasteiger partial charge in [0, 0.05) is 29.5 Å². The van der Waals surface area contributed by atoms with E-state index in [2.05, 4.69) is 5.32 Å². The van der Waals surface area contributed by atoms with Gasteiger partial charge in [0.1, 0.15) is 0 Å². The predicted octanol–water partition coefficient (Wildman–Crippen LogP) is 2.67. The molecule has 7 heteroatoms. The van der Waals surface area contributed by atoms with Gasteiger partial charge in [0.15, 0.2) is 0 Å². The van der Waals surface area contributed by atoms with Gasteiger partial charge in [-0.3, -0.25) is 14.4 Å². The highest BCUT2D eigenvalue weighted by Crippen LogP contribution is 2.35. The van der Waals surface area contributed by atoms with Crippen molar-refractivity contribution in [3.8, 4) is 0 Å². The zero-order valence-electron chi connectivity index (χ0n) is 14.4. The van der Waals surface area contributed by atoms with E-state index in [4.69, 9.17) is 0 Å². The Morgan fingerprint density at radius 2 is 1.89 bits per heavy atom. The molecule has 6 nitrogen and oxygen atoms in total. The molecule has 0 spiro atoms. The van der Waals surface area contributed by atoms with Gasteiger partial charge in [0.2, 0.25) is 5.91 Å². The Bertz CT molecular complexity index is 915. The lowest BCUT2D eigenvalue weighted by Crippen LogP contribution is -2.30. The van der Waals surface area contributed by atoms with Crippen molar-refractivity contribution in [1.29, 1.82) is 0 Å². The van der Waals surface area contributed by atoms with Crippen molar-refractivity contribution < 1.29 is 19.5 Å². The summed E-state index contributed by atoms with van der Waals surface area (Å²) in [6.07, 6.45) is 0. The number of carbonyl (C=O) groups is 3. The number of anilines is 1. The minimum Gasteiger partial charge on any atom is -0.481 e. The second-order valence-electron chi connectivity index (χ2n) is 6.72. The Labute approximate surface area is 160 Å². The molecule has 2 aromatic carbocycles. The smallest absolute Gasteiger partial charge is 0.308 e. The van der Waals surface area contributed by atoms with Gasteiger partial charge < -0.3 is 15.3 Å². The van der Waals surface area contributed by atoms with E-state index in [1.807, 2.05) is 36.4 Å². The van der Waals surface area contributed by atoms with E-state index < -0.39 is 11.9 Å². The summed E-state index contributed by atoms with van der Waals surface area (Å²) in [5.74, 6) is -1.70. The maximum atomic E-state index is 13.0. The third kappa shape index (κ3) is 3.42. The first-order chi connectivity index (χ1) is 13.0. The van der Waals surface area contributed by atoms with Crippen molar-refractivity contribution in [3.63, 3.8) is 0 Å². The number of carboxylic acid groups (broad SMARTS) is 1. The first-order valence-electron chi connectivity index (χ1n) is 8.66. The fraction of sp³-hybridized carbons (Fsp3) is 0.250. The van der Waals surface area contributed by atoms with Gasteiger partial charge in [0.25, 0.3) is 5.91 Å². The maximum Gasteiger partial charge on any atom is 0.308 e. The first kappa shape index (κ1) is 17.6. The zero-order chi connectivity index (χ0) is 19.0. The quantitative estimate of drug-likeness (QED) is 0.852. The van der Waals surface area contributed by atoms with Crippen molar-refractivity contribution in [3.05, 3.63) is 59.7 Å². The highest BCUT2D eigenvalue weighted by molar-refractivity contribution is 8.00. The van der Waals surface area contributed by atoms with E-state index in [9.17, 15) is 19.5 Å². The predicted molar refractivity (Wildman–Crippen MR) is 102 cm³/mol. The van der Waals surface area contributed by atoms with Crippen molar-refractivity contribution in [2.45, 2.75) is 10.8 Å². The molecule has 0 radical (unpaired) electrons. The van der Waals surface area contributed by atoms with Gasteiger partial charge in [-0.05, 0) is 23.8 Å². The molecule has 0 bridgehead atoms. The Morgan fingerprint density at radius 1 is 1.11 bits per heavy atom. The van der Waals surface area contributed by atoms with E-state index in [1.54, 1.807) is 17.0 Å². The minimum atomic E-state index is -0.895. The van der Waals surface area contributed by atoms with Crippen molar-refractivity contribution in [2.75, 3.05) is 24.2 Å². The molecular weight excluding hydrogens is 364 g/mol. The molecule has 2 aliphatic heterocycles. The van der Waals surface area contributed by atoms with Crippen LogP contribution in [0.2, 0.25) is 0 Å². The standard InChI is InChI=1S/C20H18N2O4S/c23-18-11-27-17-7-6-13(8-16(17)21-18)19(24)22-9-14(15(10-22)20(25)26)12-4-2-1-3-5-12/h1-8,14-15H,9-11H2,(H,21,23)(H,25,26)/t14-,15-/m1/s1. The van der Waals surface area contributed by atoms with E-state index in [-0.39, 0.29) is 24.3 Å². The number of hydrogen-bond acceptors (Lipinski definition) is 4. The lowest BCUT2D eigenvalue weighted by atomic mass is 9.89. The van der Waals surface area contributed by atoms with Gasteiger partial charge >= 0.3 is 5.97 Å². The number of thioether (sulfide) groups is 1. The van der Waals surface area contributed by atoms with Crippen LogP contribution in [-0.4, -0.2) is 46.6 Å². The average Bonchev–Trinajstić information content (AvgIpc) is 3.13. The summed E-state index contributed by atoms with van der Waals surface area (Å²) in [6, 6.07) is 14.7. The third-order valence-corrected chi connectivity index (χ3v) is 6.08. The summed E-state index contributed by atoms with van der Waals surface area (Å²) < 4.78 is 0. The summed E-state index contributed by atoms with van der Waals surface area (Å²) in [6.45, 7) is 0.532. The molecule has 2 heterocycles. The lowest BCUT2D eigenvalue weighted by Gasteiger charge is -2.20. The molecule has 4 rings (SSSR count). The SMILES string of the molecule is O=C1CSc2ccc(C(=O)N3C[C@H](c4ccccc4)[C@H](C(=O)O)C3)cc2N1. The summed E-state index contributed by atoms with van der Waals surface area (Å²) in [5.41, 5.74) is 2.01. The largest absolute Gasteiger partial charge is 0.481 e. The van der Waals surface area contributed by atoms with E-state index in [0.717, 1.165) is 10.5 Å². The number of hydrogen-bond donors (Lipinski definition) is 2. The molecule has 0 saturated carbocycles.